The highest BCUT2D eigenvalue weighted by Crippen LogP contribution is 2.27. The van der Waals surface area contributed by atoms with Crippen molar-refractivity contribution in [2.24, 2.45) is 0 Å². The molecule has 3 aromatic rings. The first-order valence-corrected chi connectivity index (χ1v) is 7.76. The van der Waals surface area contributed by atoms with Crippen LogP contribution in [0.2, 0.25) is 0 Å². The minimum atomic E-state index is 0.182. The van der Waals surface area contributed by atoms with Crippen LogP contribution < -0.4 is 5.32 Å². The summed E-state index contributed by atoms with van der Waals surface area (Å²) in [7, 11) is 2.00. The largest absolute Gasteiger partial charge is 0.309 e. The Kier molecular flexibility index (Phi) is 4.04. The highest BCUT2D eigenvalue weighted by Gasteiger charge is 2.13. The quantitative estimate of drug-likeness (QED) is 0.752. The number of benzene rings is 2. The molecule has 0 aliphatic rings. The second kappa shape index (κ2) is 5.96. The molecule has 0 saturated heterocycles. The van der Waals surface area contributed by atoms with Crippen molar-refractivity contribution >= 4 is 26.8 Å². The summed E-state index contributed by atoms with van der Waals surface area (Å²) in [4.78, 5) is 4.38. The number of aryl methyl sites for hydroxylation is 1. The fourth-order valence-electron chi connectivity index (χ4n) is 2.65. The smallest absolute Gasteiger partial charge is 0.0702 e. The van der Waals surface area contributed by atoms with E-state index in [4.69, 9.17) is 0 Å². The van der Waals surface area contributed by atoms with E-state index in [2.05, 4.69) is 75.6 Å². The molecular weight excluding hydrogens is 324 g/mol. The average Bonchev–Trinajstić information content (AvgIpc) is 2.51. The summed E-state index contributed by atoms with van der Waals surface area (Å²) in [5, 5.41) is 4.58. The molecule has 0 saturated carbocycles. The molecule has 1 N–H and O–H groups in total. The van der Waals surface area contributed by atoms with Gasteiger partial charge in [0.15, 0.2) is 0 Å². The molecule has 0 radical (unpaired) electrons. The van der Waals surface area contributed by atoms with E-state index in [9.17, 15) is 0 Å². The Labute approximate surface area is 133 Å². The van der Waals surface area contributed by atoms with Crippen molar-refractivity contribution in [1.82, 2.24) is 10.3 Å². The van der Waals surface area contributed by atoms with Crippen molar-refractivity contribution in [3.05, 3.63) is 75.9 Å². The van der Waals surface area contributed by atoms with Gasteiger partial charge in [-0.1, -0.05) is 40.2 Å². The van der Waals surface area contributed by atoms with Crippen LogP contribution in [-0.4, -0.2) is 12.0 Å². The maximum atomic E-state index is 4.38. The third-order valence-corrected chi connectivity index (χ3v) is 4.65. The number of fused-ring (bicyclic) bond motifs is 1. The zero-order chi connectivity index (χ0) is 14.8. The van der Waals surface area contributed by atoms with Crippen LogP contribution in [0, 0.1) is 6.92 Å². The number of hydrogen-bond donors (Lipinski definition) is 1. The van der Waals surface area contributed by atoms with Gasteiger partial charge < -0.3 is 5.32 Å². The van der Waals surface area contributed by atoms with Crippen LogP contribution >= 0.6 is 15.9 Å². The number of nitrogens with one attached hydrogen (secondary N) is 1. The number of halogens is 1. The summed E-state index contributed by atoms with van der Waals surface area (Å²) in [6.45, 7) is 2.12. The van der Waals surface area contributed by atoms with Gasteiger partial charge in [0, 0.05) is 16.1 Å². The first-order valence-electron chi connectivity index (χ1n) is 6.97. The van der Waals surface area contributed by atoms with Gasteiger partial charge >= 0.3 is 0 Å². The molecule has 1 atom stereocenters. The molecule has 1 unspecified atom stereocenters. The summed E-state index contributed by atoms with van der Waals surface area (Å²) in [6, 6.07) is 17.2. The molecule has 0 aliphatic carbocycles. The number of pyridine rings is 1. The van der Waals surface area contributed by atoms with Crippen LogP contribution in [0.4, 0.5) is 0 Å². The van der Waals surface area contributed by atoms with E-state index >= 15 is 0 Å². The van der Waals surface area contributed by atoms with E-state index in [-0.39, 0.29) is 6.04 Å². The molecule has 0 aliphatic heterocycles. The van der Waals surface area contributed by atoms with Crippen LogP contribution in [0.1, 0.15) is 22.7 Å². The van der Waals surface area contributed by atoms with Crippen LogP contribution in [-0.2, 0) is 0 Å². The Hall–Kier alpha value is -1.71. The molecule has 21 heavy (non-hydrogen) atoms. The first kappa shape index (κ1) is 14.2. The molecular formula is C18H17BrN2. The minimum absolute atomic E-state index is 0.182. The predicted octanol–water partition coefficient (Wildman–Crippen LogP) is 4.61. The molecule has 106 valence electrons. The van der Waals surface area contributed by atoms with Crippen molar-refractivity contribution in [1.29, 1.82) is 0 Å². The molecule has 1 heterocycles. The zero-order valence-electron chi connectivity index (χ0n) is 12.1. The van der Waals surface area contributed by atoms with Crippen molar-refractivity contribution in [2.75, 3.05) is 7.05 Å². The second-order valence-electron chi connectivity index (χ2n) is 5.19. The molecule has 3 rings (SSSR count). The highest BCUT2D eigenvalue weighted by atomic mass is 79.9. The Morgan fingerprint density at radius 2 is 1.81 bits per heavy atom. The van der Waals surface area contributed by atoms with Gasteiger partial charge in [0.2, 0.25) is 0 Å². The summed E-state index contributed by atoms with van der Waals surface area (Å²) >= 11 is 3.56. The predicted molar refractivity (Wildman–Crippen MR) is 91.5 cm³/mol. The Bertz CT molecular complexity index is 783. The van der Waals surface area contributed by atoms with Gasteiger partial charge in [0.05, 0.1) is 11.6 Å². The SMILES string of the molecule is CNC(c1ccc(Br)c(C)c1)c1ccc2ncccc2c1. The van der Waals surface area contributed by atoms with Crippen molar-refractivity contribution in [3.63, 3.8) is 0 Å². The van der Waals surface area contributed by atoms with Gasteiger partial charge in [0.25, 0.3) is 0 Å². The first-order chi connectivity index (χ1) is 10.2. The third kappa shape index (κ3) is 2.85. The van der Waals surface area contributed by atoms with Gasteiger partial charge in [-0.2, -0.15) is 0 Å². The summed E-state index contributed by atoms with van der Waals surface area (Å²) in [5.74, 6) is 0. The molecule has 2 nitrogen and oxygen atoms in total. The summed E-state index contributed by atoms with van der Waals surface area (Å²) in [5.41, 5.74) is 4.79. The Morgan fingerprint density at radius 1 is 1.05 bits per heavy atom. The third-order valence-electron chi connectivity index (χ3n) is 3.76. The van der Waals surface area contributed by atoms with Crippen molar-refractivity contribution in [3.8, 4) is 0 Å². The van der Waals surface area contributed by atoms with E-state index in [1.807, 2.05) is 19.3 Å². The van der Waals surface area contributed by atoms with Gasteiger partial charge in [-0.25, -0.2) is 0 Å². The topological polar surface area (TPSA) is 24.9 Å². The van der Waals surface area contributed by atoms with Crippen LogP contribution in [0.25, 0.3) is 10.9 Å². The lowest BCUT2D eigenvalue weighted by molar-refractivity contribution is 0.692. The number of aromatic nitrogens is 1. The normalized spacial score (nSPS) is 12.5. The van der Waals surface area contributed by atoms with Crippen molar-refractivity contribution in [2.45, 2.75) is 13.0 Å². The lowest BCUT2D eigenvalue weighted by Gasteiger charge is -2.18. The number of rotatable bonds is 3. The van der Waals surface area contributed by atoms with Crippen LogP contribution in [0.5, 0.6) is 0 Å². The van der Waals surface area contributed by atoms with Crippen molar-refractivity contribution < 1.29 is 0 Å². The van der Waals surface area contributed by atoms with Gasteiger partial charge in [-0.3, -0.25) is 4.98 Å². The van der Waals surface area contributed by atoms with E-state index in [1.54, 1.807) is 0 Å². The van der Waals surface area contributed by atoms with E-state index in [1.165, 1.54) is 22.1 Å². The van der Waals surface area contributed by atoms with Crippen LogP contribution in [0.15, 0.2) is 59.2 Å². The zero-order valence-corrected chi connectivity index (χ0v) is 13.7. The van der Waals surface area contributed by atoms with Crippen LogP contribution in [0.3, 0.4) is 0 Å². The second-order valence-corrected chi connectivity index (χ2v) is 6.04. The van der Waals surface area contributed by atoms with E-state index < -0.39 is 0 Å². The fourth-order valence-corrected chi connectivity index (χ4v) is 2.89. The lowest BCUT2D eigenvalue weighted by Crippen LogP contribution is -2.17. The fraction of sp³-hybridized carbons (Fsp3) is 0.167. The molecule has 0 spiro atoms. The molecule has 0 amide bonds. The number of nitrogens with zero attached hydrogens (tertiary/aromatic N) is 1. The summed E-state index contributed by atoms with van der Waals surface area (Å²) in [6.07, 6.45) is 1.83. The summed E-state index contributed by atoms with van der Waals surface area (Å²) < 4.78 is 1.14. The van der Waals surface area contributed by atoms with E-state index in [0.29, 0.717) is 0 Å². The number of hydrogen-bond acceptors (Lipinski definition) is 2. The Morgan fingerprint density at radius 3 is 2.57 bits per heavy atom. The monoisotopic (exact) mass is 340 g/mol. The molecule has 0 fully saturated rings. The van der Waals surface area contributed by atoms with Gasteiger partial charge in [-0.15, -0.1) is 0 Å². The van der Waals surface area contributed by atoms with E-state index in [0.717, 1.165) is 9.99 Å². The maximum absolute atomic E-state index is 4.38. The molecule has 3 heteroatoms. The van der Waals surface area contributed by atoms with Gasteiger partial charge in [0.1, 0.15) is 0 Å². The lowest BCUT2D eigenvalue weighted by atomic mass is 9.96. The molecule has 0 bridgehead atoms. The molecule has 2 aromatic carbocycles. The molecule has 1 aromatic heterocycles. The minimum Gasteiger partial charge on any atom is -0.309 e. The maximum Gasteiger partial charge on any atom is 0.0702 e. The average molecular weight is 341 g/mol. The highest BCUT2D eigenvalue weighted by molar-refractivity contribution is 9.10. The Balaban J connectivity index is 2.06. The standard InChI is InChI=1S/C18H17BrN2/c1-12-10-14(5-7-16(12)19)18(20-2)15-6-8-17-13(11-15)4-3-9-21-17/h3-11,18,20H,1-2H3. The van der Waals surface area contributed by atoms with Gasteiger partial charge in [-0.05, 0) is 54.9 Å².